The van der Waals surface area contributed by atoms with Gasteiger partial charge < -0.3 is 15.0 Å². The zero-order valence-electron chi connectivity index (χ0n) is 10.9. The van der Waals surface area contributed by atoms with Crippen molar-refractivity contribution in [3.05, 3.63) is 36.1 Å². The van der Waals surface area contributed by atoms with E-state index in [1.807, 2.05) is 0 Å². The SMILES string of the molecule is Cc1cc(NS(=O)(=O)CCOc2ccc(N)cc2)no1. The number of ether oxygens (including phenoxy) is 1. The molecule has 8 heteroatoms. The van der Waals surface area contributed by atoms with Crippen LogP contribution in [0.4, 0.5) is 11.5 Å². The monoisotopic (exact) mass is 297 g/mol. The average Bonchev–Trinajstić information content (AvgIpc) is 2.76. The Hall–Kier alpha value is -2.22. The summed E-state index contributed by atoms with van der Waals surface area (Å²) >= 11 is 0. The third-order valence-electron chi connectivity index (χ3n) is 2.39. The largest absolute Gasteiger partial charge is 0.492 e. The summed E-state index contributed by atoms with van der Waals surface area (Å²) in [6.07, 6.45) is 0. The van der Waals surface area contributed by atoms with Gasteiger partial charge in [-0.15, -0.1) is 0 Å². The topological polar surface area (TPSA) is 107 Å². The Morgan fingerprint density at radius 3 is 2.65 bits per heavy atom. The Balaban J connectivity index is 1.84. The van der Waals surface area contributed by atoms with Crippen LogP contribution in [-0.2, 0) is 10.0 Å². The quantitative estimate of drug-likeness (QED) is 0.780. The van der Waals surface area contributed by atoms with E-state index < -0.39 is 10.0 Å². The predicted octanol–water partition coefficient (Wildman–Crippen LogP) is 1.39. The van der Waals surface area contributed by atoms with Crippen LogP contribution < -0.4 is 15.2 Å². The minimum atomic E-state index is -3.52. The molecule has 0 saturated carbocycles. The molecular formula is C12H15N3O4S. The van der Waals surface area contributed by atoms with Crippen LogP contribution in [0.5, 0.6) is 5.75 Å². The van der Waals surface area contributed by atoms with E-state index in [2.05, 4.69) is 9.88 Å². The Kier molecular flexibility index (Phi) is 4.14. The summed E-state index contributed by atoms with van der Waals surface area (Å²) in [6, 6.07) is 8.21. The van der Waals surface area contributed by atoms with Crippen LogP contribution in [0.15, 0.2) is 34.9 Å². The molecule has 0 unspecified atom stereocenters. The zero-order chi connectivity index (χ0) is 14.6. The summed E-state index contributed by atoms with van der Waals surface area (Å²) in [6.45, 7) is 1.70. The minimum absolute atomic E-state index is 0.0239. The normalized spacial score (nSPS) is 11.2. The Bertz CT molecular complexity index is 664. The fourth-order valence-corrected chi connectivity index (χ4v) is 2.28. The third-order valence-corrected chi connectivity index (χ3v) is 3.61. The Morgan fingerprint density at radius 1 is 1.35 bits per heavy atom. The lowest BCUT2D eigenvalue weighted by Crippen LogP contribution is -2.21. The first kappa shape index (κ1) is 14.2. The second-order valence-electron chi connectivity index (χ2n) is 4.16. The minimum Gasteiger partial charge on any atom is -0.492 e. The molecule has 1 aromatic carbocycles. The maximum atomic E-state index is 11.8. The van der Waals surface area contributed by atoms with Crippen LogP contribution >= 0.6 is 0 Å². The average molecular weight is 297 g/mol. The van der Waals surface area contributed by atoms with Crippen LogP contribution in [0.25, 0.3) is 0 Å². The summed E-state index contributed by atoms with van der Waals surface area (Å²) in [5.41, 5.74) is 6.15. The number of hydrogen-bond donors (Lipinski definition) is 2. The van der Waals surface area contributed by atoms with Crippen molar-refractivity contribution in [1.82, 2.24) is 5.16 Å². The highest BCUT2D eigenvalue weighted by Gasteiger charge is 2.13. The second-order valence-corrected chi connectivity index (χ2v) is 6.00. The lowest BCUT2D eigenvalue weighted by atomic mass is 10.3. The molecule has 0 bridgehead atoms. The molecule has 0 saturated heterocycles. The van der Waals surface area contributed by atoms with Crippen LogP contribution in [-0.4, -0.2) is 25.9 Å². The molecule has 0 aliphatic carbocycles. The number of anilines is 2. The van der Waals surface area contributed by atoms with Crippen LogP contribution in [0.3, 0.4) is 0 Å². The Labute approximate surface area is 116 Å². The number of sulfonamides is 1. The van der Waals surface area contributed by atoms with Crippen molar-refractivity contribution in [2.75, 3.05) is 22.8 Å². The summed E-state index contributed by atoms with van der Waals surface area (Å²) in [4.78, 5) is 0. The molecule has 0 fully saturated rings. The maximum absolute atomic E-state index is 11.8. The van der Waals surface area contributed by atoms with Gasteiger partial charge in [-0.05, 0) is 31.2 Å². The molecule has 0 spiro atoms. The van der Waals surface area contributed by atoms with Crippen molar-refractivity contribution in [3.8, 4) is 5.75 Å². The predicted molar refractivity (Wildman–Crippen MR) is 75.0 cm³/mol. The zero-order valence-corrected chi connectivity index (χ0v) is 11.7. The fraction of sp³-hybridized carbons (Fsp3) is 0.250. The van der Waals surface area contributed by atoms with E-state index in [1.165, 1.54) is 6.07 Å². The van der Waals surface area contributed by atoms with Gasteiger partial charge >= 0.3 is 0 Å². The van der Waals surface area contributed by atoms with Crippen molar-refractivity contribution >= 4 is 21.5 Å². The first-order valence-corrected chi connectivity index (χ1v) is 7.52. The lowest BCUT2D eigenvalue weighted by molar-refractivity contribution is 0.341. The van der Waals surface area contributed by atoms with Gasteiger partial charge in [0.25, 0.3) is 0 Å². The summed E-state index contributed by atoms with van der Waals surface area (Å²) < 4.78 is 35.9. The molecule has 20 heavy (non-hydrogen) atoms. The van der Waals surface area contributed by atoms with E-state index in [1.54, 1.807) is 31.2 Å². The number of nitrogens with zero attached hydrogens (tertiary/aromatic N) is 1. The number of rotatable bonds is 6. The smallest absolute Gasteiger partial charge is 0.237 e. The van der Waals surface area contributed by atoms with E-state index in [9.17, 15) is 8.42 Å². The number of nitrogen functional groups attached to an aromatic ring is 1. The molecule has 1 aromatic heterocycles. The number of aromatic nitrogens is 1. The van der Waals surface area contributed by atoms with Gasteiger partial charge in [-0.25, -0.2) is 8.42 Å². The van der Waals surface area contributed by atoms with Gasteiger partial charge in [0.1, 0.15) is 23.9 Å². The van der Waals surface area contributed by atoms with Gasteiger partial charge in [0.15, 0.2) is 5.82 Å². The van der Waals surface area contributed by atoms with Gasteiger partial charge in [-0.3, -0.25) is 4.72 Å². The van der Waals surface area contributed by atoms with Crippen molar-refractivity contribution in [3.63, 3.8) is 0 Å². The van der Waals surface area contributed by atoms with Crippen molar-refractivity contribution < 1.29 is 17.7 Å². The van der Waals surface area contributed by atoms with Crippen LogP contribution in [0.2, 0.25) is 0 Å². The molecule has 108 valence electrons. The molecule has 3 N–H and O–H groups in total. The van der Waals surface area contributed by atoms with Crippen molar-refractivity contribution in [2.45, 2.75) is 6.92 Å². The number of benzene rings is 1. The lowest BCUT2D eigenvalue weighted by Gasteiger charge is -2.07. The molecule has 1 heterocycles. The summed E-state index contributed by atoms with van der Waals surface area (Å²) in [5, 5.41) is 3.56. The van der Waals surface area contributed by atoms with E-state index in [-0.39, 0.29) is 18.2 Å². The van der Waals surface area contributed by atoms with Gasteiger partial charge in [0.2, 0.25) is 10.0 Å². The standard InChI is InChI=1S/C12H15N3O4S/c1-9-8-12(14-19-9)15-20(16,17)7-6-18-11-4-2-10(13)3-5-11/h2-5,8H,6-7,13H2,1H3,(H,14,15). The number of nitrogens with one attached hydrogen (secondary N) is 1. The molecule has 2 aromatic rings. The van der Waals surface area contributed by atoms with Crippen molar-refractivity contribution in [1.29, 1.82) is 0 Å². The van der Waals surface area contributed by atoms with Crippen LogP contribution in [0, 0.1) is 6.92 Å². The van der Waals surface area contributed by atoms with E-state index in [0.29, 0.717) is 17.2 Å². The van der Waals surface area contributed by atoms with Crippen LogP contribution in [0.1, 0.15) is 5.76 Å². The molecule has 0 aliphatic heterocycles. The number of hydrogen-bond acceptors (Lipinski definition) is 6. The molecule has 0 amide bonds. The third kappa shape index (κ3) is 4.16. The Morgan fingerprint density at radius 2 is 2.05 bits per heavy atom. The number of aryl methyl sites for hydroxylation is 1. The first-order chi connectivity index (χ1) is 9.44. The van der Waals surface area contributed by atoms with E-state index >= 15 is 0 Å². The van der Waals surface area contributed by atoms with E-state index in [0.717, 1.165) is 0 Å². The highest BCUT2D eigenvalue weighted by molar-refractivity contribution is 7.92. The number of nitrogens with two attached hydrogens (primary N) is 1. The maximum Gasteiger partial charge on any atom is 0.237 e. The summed E-state index contributed by atoms with van der Waals surface area (Å²) in [7, 11) is -3.52. The van der Waals surface area contributed by atoms with Gasteiger partial charge in [0.05, 0.1) is 0 Å². The molecular weight excluding hydrogens is 282 g/mol. The van der Waals surface area contributed by atoms with E-state index in [4.69, 9.17) is 15.0 Å². The molecule has 0 aliphatic rings. The van der Waals surface area contributed by atoms with Gasteiger partial charge in [-0.1, -0.05) is 5.16 Å². The van der Waals surface area contributed by atoms with Gasteiger partial charge in [0, 0.05) is 11.8 Å². The van der Waals surface area contributed by atoms with Crippen molar-refractivity contribution in [2.24, 2.45) is 0 Å². The summed E-state index contributed by atoms with van der Waals surface area (Å²) in [5.74, 6) is 1.06. The molecule has 0 atom stereocenters. The molecule has 7 nitrogen and oxygen atoms in total. The molecule has 2 rings (SSSR count). The first-order valence-electron chi connectivity index (χ1n) is 5.87. The molecule has 0 radical (unpaired) electrons. The second kappa shape index (κ2) is 5.83. The highest BCUT2D eigenvalue weighted by atomic mass is 32.2. The highest BCUT2D eigenvalue weighted by Crippen LogP contribution is 2.13. The fourth-order valence-electron chi connectivity index (χ4n) is 1.46. The van der Waals surface area contributed by atoms with Gasteiger partial charge in [-0.2, -0.15) is 0 Å².